The average molecular weight is 391 g/mol. The summed E-state index contributed by atoms with van der Waals surface area (Å²) in [6, 6.07) is 0. The van der Waals surface area contributed by atoms with Crippen LogP contribution in [0.15, 0.2) is 11.6 Å². The molecule has 4 aliphatic carbocycles. The van der Waals surface area contributed by atoms with E-state index in [1.165, 1.54) is 0 Å². The summed E-state index contributed by atoms with van der Waals surface area (Å²) in [4.78, 5) is 11.6. The fourth-order valence-corrected chi connectivity index (χ4v) is 8.38. The Balaban J connectivity index is 1.49. The molecule has 0 bridgehead atoms. The van der Waals surface area contributed by atoms with Gasteiger partial charge in [0.25, 0.3) is 0 Å². The molecule has 0 aromatic carbocycles. The molecule has 1 aliphatic heterocycles. The molecule has 1 heterocycles. The number of fused-ring (bicyclic) bond motifs is 5. The molecule has 0 saturated heterocycles. The Kier molecular flexibility index (Phi) is 3.97. The minimum absolute atomic E-state index is 0.176. The van der Waals surface area contributed by atoms with Gasteiger partial charge in [0.05, 0.1) is 17.3 Å². The molecular formula is C23H34O5. The summed E-state index contributed by atoms with van der Waals surface area (Å²) in [7, 11) is 0. The van der Waals surface area contributed by atoms with Crippen molar-refractivity contribution in [3.8, 4) is 0 Å². The van der Waals surface area contributed by atoms with Crippen molar-refractivity contribution in [1.82, 2.24) is 0 Å². The lowest BCUT2D eigenvalue weighted by Crippen LogP contribution is -2.67. The molecule has 5 aliphatic rings. The zero-order chi connectivity index (χ0) is 19.9. The average Bonchev–Trinajstić information content (AvgIpc) is 3.17. The molecule has 0 spiro atoms. The zero-order valence-corrected chi connectivity index (χ0v) is 17.1. The van der Waals surface area contributed by atoms with Crippen molar-refractivity contribution in [1.29, 1.82) is 0 Å². The second kappa shape index (κ2) is 5.83. The van der Waals surface area contributed by atoms with Crippen LogP contribution >= 0.6 is 0 Å². The van der Waals surface area contributed by atoms with Crippen LogP contribution < -0.4 is 0 Å². The van der Waals surface area contributed by atoms with E-state index in [0.717, 1.165) is 50.5 Å². The lowest BCUT2D eigenvalue weighted by Gasteiger charge is -2.66. The second-order valence-corrected chi connectivity index (χ2v) is 10.9. The van der Waals surface area contributed by atoms with Gasteiger partial charge in [-0.15, -0.1) is 0 Å². The van der Waals surface area contributed by atoms with Crippen molar-refractivity contribution >= 4 is 5.97 Å². The summed E-state index contributed by atoms with van der Waals surface area (Å²) < 4.78 is 5.18. The van der Waals surface area contributed by atoms with Crippen LogP contribution in [0.4, 0.5) is 0 Å². The number of hydrogen-bond acceptors (Lipinski definition) is 5. The monoisotopic (exact) mass is 390 g/mol. The number of carbonyl (C=O) groups is 1. The van der Waals surface area contributed by atoms with Crippen molar-refractivity contribution in [2.24, 2.45) is 28.6 Å². The number of ether oxygens (including phenoxy) is 1. The van der Waals surface area contributed by atoms with Gasteiger partial charge in [-0.25, -0.2) is 4.79 Å². The number of aliphatic hydroxyl groups excluding tert-OH is 1. The van der Waals surface area contributed by atoms with Crippen molar-refractivity contribution in [2.45, 2.75) is 88.9 Å². The minimum atomic E-state index is -0.817. The molecule has 5 nitrogen and oxygen atoms in total. The maximum absolute atomic E-state index is 12.1. The number of carbonyl (C=O) groups excluding carboxylic acids is 1. The summed E-state index contributed by atoms with van der Waals surface area (Å²) in [5.74, 6) is 0.409. The van der Waals surface area contributed by atoms with Crippen LogP contribution in [0.3, 0.4) is 0 Å². The van der Waals surface area contributed by atoms with Gasteiger partial charge in [-0.1, -0.05) is 13.8 Å². The molecule has 0 aromatic rings. The van der Waals surface area contributed by atoms with Crippen LogP contribution in [0.25, 0.3) is 0 Å². The van der Waals surface area contributed by atoms with Gasteiger partial charge < -0.3 is 20.1 Å². The fraction of sp³-hybridized carbons (Fsp3) is 0.870. The van der Waals surface area contributed by atoms with Gasteiger partial charge in [-0.3, -0.25) is 0 Å². The third kappa shape index (κ3) is 2.21. The molecule has 0 radical (unpaired) electrons. The summed E-state index contributed by atoms with van der Waals surface area (Å²) in [5, 5.41) is 33.8. The van der Waals surface area contributed by atoms with E-state index in [1.54, 1.807) is 6.08 Å². The maximum Gasteiger partial charge on any atom is 0.331 e. The predicted molar refractivity (Wildman–Crippen MR) is 103 cm³/mol. The highest BCUT2D eigenvalue weighted by molar-refractivity contribution is 5.85. The molecule has 0 aromatic heterocycles. The third-order valence-electron chi connectivity index (χ3n) is 10.1. The van der Waals surface area contributed by atoms with Crippen LogP contribution in [0, 0.1) is 28.6 Å². The van der Waals surface area contributed by atoms with E-state index in [-0.39, 0.29) is 34.6 Å². The largest absolute Gasteiger partial charge is 0.458 e. The molecule has 0 unspecified atom stereocenters. The van der Waals surface area contributed by atoms with Crippen LogP contribution in [0.5, 0.6) is 0 Å². The first-order valence-electron chi connectivity index (χ1n) is 11.1. The van der Waals surface area contributed by atoms with Gasteiger partial charge in [0.1, 0.15) is 6.61 Å². The van der Waals surface area contributed by atoms with Gasteiger partial charge in [0.15, 0.2) is 0 Å². The van der Waals surface area contributed by atoms with E-state index >= 15 is 0 Å². The van der Waals surface area contributed by atoms with E-state index in [2.05, 4.69) is 13.8 Å². The van der Waals surface area contributed by atoms with Crippen molar-refractivity contribution < 1.29 is 24.9 Å². The number of aliphatic hydroxyl groups is 3. The topological polar surface area (TPSA) is 87.0 Å². The number of esters is 1. The van der Waals surface area contributed by atoms with Crippen LogP contribution in [-0.2, 0) is 9.53 Å². The SMILES string of the molecule is C[C@]12CC[C@@H](O)C[C@@]1(O)CC[C@@H]1[C@@H]2CC[C@]2(C)[C@H](C3=CC(=O)OC3)CC[C@]12O. The Morgan fingerprint density at radius 3 is 2.39 bits per heavy atom. The summed E-state index contributed by atoms with van der Waals surface area (Å²) >= 11 is 0. The summed E-state index contributed by atoms with van der Waals surface area (Å²) in [6.45, 7) is 4.80. The van der Waals surface area contributed by atoms with E-state index in [1.807, 2.05) is 0 Å². The molecule has 8 atom stereocenters. The molecule has 5 heteroatoms. The molecule has 156 valence electrons. The van der Waals surface area contributed by atoms with Gasteiger partial charge in [-0.05, 0) is 80.1 Å². The Morgan fingerprint density at radius 1 is 0.964 bits per heavy atom. The van der Waals surface area contributed by atoms with Gasteiger partial charge >= 0.3 is 5.97 Å². The van der Waals surface area contributed by atoms with E-state index in [4.69, 9.17) is 4.74 Å². The smallest absolute Gasteiger partial charge is 0.331 e. The Labute approximate surface area is 167 Å². The Hall–Kier alpha value is -0.910. The molecular weight excluding hydrogens is 356 g/mol. The van der Waals surface area contributed by atoms with Crippen LogP contribution in [0.1, 0.15) is 71.6 Å². The molecule has 3 N–H and O–H groups in total. The van der Waals surface area contributed by atoms with Gasteiger partial charge in [0.2, 0.25) is 0 Å². The normalized spacial score (nSPS) is 55.8. The molecule has 5 rings (SSSR count). The van der Waals surface area contributed by atoms with Gasteiger partial charge in [0, 0.05) is 17.9 Å². The first-order chi connectivity index (χ1) is 13.1. The third-order valence-corrected chi connectivity index (χ3v) is 10.1. The van der Waals surface area contributed by atoms with E-state index in [9.17, 15) is 20.1 Å². The quantitative estimate of drug-likeness (QED) is 0.599. The lowest BCUT2D eigenvalue weighted by molar-refractivity contribution is -0.254. The van der Waals surface area contributed by atoms with Crippen molar-refractivity contribution in [3.05, 3.63) is 11.6 Å². The Bertz CT molecular complexity index is 733. The first-order valence-corrected chi connectivity index (χ1v) is 11.1. The lowest BCUT2D eigenvalue weighted by atomic mass is 9.42. The summed E-state index contributed by atoms with van der Waals surface area (Å²) in [5.41, 5.74) is -0.999. The predicted octanol–water partition coefficient (Wildman–Crippen LogP) is 2.72. The first kappa shape index (κ1) is 19.1. The minimum Gasteiger partial charge on any atom is -0.458 e. The highest BCUT2D eigenvalue weighted by Crippen LogP contribution is 2.70. The van der Waals surface area contributed by atoms with Crippen LogP contribution in [-0.4, -0.2) is 45.2 Å². The molecule has 4 fully saturated rings. The maximum atomic E-state index is 12.1. The molecule has 4 saturated carbocycles. The van der Waals surface area contributed by atoms with Crippen molar-refractivity contribution in [3.63, 3.8) is 0 Å². The molecule has 28 heavy (non-hydrogen) atoms. The van der Waals surface area contributed by atoms with E-state index < -0.39 is 17.3 Å². The number of hydrogen-bond donors (Lipinski definition) is 3. The van der Waals surface area contributed by atoms with Crippen LogP contribution in [0.2, 0.25) is 0 Å². The summed E-state index contributed by atoms with van der Waals surface area (Å²) in [6.07, 6.45) is 8.33. The van der Waals surface area contributed by atoms with E-state index in [0.29, 0.717) is 19.4 Å². The Morgan fingerprint density at radius 2 is 1.68 bits per heavy atom. The zero-order valence-electron chi connectivity index (χ0n) is 17.1. The molecule has 0 amide bonds. The number of cyclic esters (lactones) is 1. The standard InChI is InChI=1S/C23H34O5/c1-20-7-3-15(24)12-22(20,26)9-5-18-17(20)4-8-21(2)16(6-10-23(18,21)27)14-11-19(25)28-13-14/h11,15-18,24,26-27H,3-10,12-13H2,1-2H3/t15-,16+,17+,18-,20-,21-,22+,23+/m1/s1. The second-order valence-electron chi connectivity index (χ2n) is 10.9. The van der Waals surface area contributed by atoms with Crippen molar-refractivity contribution in [2.75, 3.05) is 6.61 Å². The number of rotatable bonds is 1. The highest BCUT2D eigenvalue weighted by Gasteiger charge is 2.70. The fourth-order valence-electron chi connectivity index (χ4n) is 8.38. The van der Waals surface area contributed by atoms with Gasteiger partial charge in [-0.2, -0.15) is 0 Å². The highest BCUT2D eigenvalue weighted by atomic mass is 16.5.